The van der Waals surface area contributed by atoms with Gasteiger partial charge in [0, 0.05) is 42.9 Å². The number of anilines is 1. The highest BCUT2D eigenvalue weighted by Gasteiger charge is 2.20. The lowest BCUT2D eigenvalue weighted by Gasteiger charge is -2.17. The van der Waals surface area contributed by atoms with Crippen molar-refractivity contribution in [2.45, 2.75) is 30.6 Å². The first-order valence-electron chi connectivity index (χ1n) is 8.27. The van der Waals surface area contributed by atoms with Gasteiger partial charge in [-0.1, -0.05) is 0 Å². The second kappa shape index (κ2) is 7.67. The molecule has 0 unspecified atom stereocenters. The Kier molecular flexibility index (Phi) is 5.31. The van der Waals surface area contributed by atoms with Gasteiger partial charge in [-0.2, -0.15) is 0 Å². The molecule has 0 fully saturated rings. The third-order valence-electron chi connectivity index (χ3n) is 4.09. The number of nitrogens with zero attached hydrogens (tertiary/aromatic N) is 1. The van der Waals surface area contributed by atoms with Crippen LogP contribution in [-0.4, -0.2) is 31.0 Å². The van der Waals surface area contributed by atoms with E-state index in [0.717, 1.165) is 11.8 Å². The maximum absolute atomic E-state index is 12.3. The molecule has 27 heavy (non-hydrogen) atoms. The SMILES string of the molecule is O=C1CCc2cc(C(=O)CCC(=O)NS(=O)(=O)c3cccnc3)ccc2N1. The van der Waals surface area contributed by atoms with E-state index >= 15 is 0 Å². The second-order valence-corrected chi connectivity index (χ2v) is 7.74. The van der Waals surface area contributed by atoms with Gasteiger partial charge in [-0.25, -0.2) is 13.1 Å². The van der Waals surface area contributed by atoms with Gasteiger partial charge in [0.05, 0.1) is 0 Å². The average Bonchev–Trinajstić information content (AvgIpc) is 2.66. The molecule has 2 heterocycles. The minimum Gasteiger partial charge on any atom is -0.326 e. The fourth-order valence-corrected chi connectivity index (χ4v) is 3.67. The first kappa shape index (κ1) is 18.7. The monoisotopic (exact) mass is 387 g/mol. The Balaban J connectivity index is 1.59. The number of Topliss-reactive ketones (excluding diaryl/α,β-unsaturated/α-hetero) is 1. The highest BCUT2D eigenvalue weighted by Crippen LogP contribution is 2.24. The summed E-state index contributed by atoms with van der Waals surface area (Å²) in [5, 5.41) is 2.73. The van der Waals surface area contributed by atoms with Gasteiger partial charge in [0.2, 0.25) is 11.8 Å². The number of nitrogens with one attached hydrogen (secondary N) is 2. The van der Waals surface area contributed by atoms with Crippen molar-refractivity contribution in [3.05, 3.63) is 53.9 Å². The van der Waals surface area contributed by atoms with Gasteiger partial charge < -0.3 is 5.32 Å². The van der Waals surface area contributed by atoms with Crippen LogP contribution in [0.25, 0.3) is 0 Å². The summed E-state index contributed by atoms with van der Waals surface area (Å²) in [4.78, 5) is 39.2. The molecule has 0 saturated heterocycles. The molecule has 2 amide bonds. The van der Waals surface area contributed by atoms with E-state index in [1.807, 2.05) is 4.72 Å². The largest absolute Gasteiger partial charge is 0.326 e. The lowest BCUT2D eigenvalue weighted by atomic mass is 9.97. The van der Waals surface area contributed by atoms with Crippen molar-refractivity contribution >= 4 is 33.3 Å². The van der Waals surface area contributed by atoms with E-state index in [9.17, 15) is 22.8 Å². The number of benzene rings is 1. The van der Waals surface area contributed by atoms with Crippen LogP contribution in [0.5, 0.6) is 0 Å². The second-order valence-electron chi connectivity index (χ2n) is 6.06. The number of aryl methyl sites for hydroxylation is 1. The van der Waals surface area contributed by atoms with E-state index in [4.69, 9.17) is 0 Å². The molecule has 0 spiro atoms. The number of hydrogen-bond acceptors (Lipinski definition) is 6. The molecule has 8 nitrogen and oxygen atoms in total. The molecule has 0 aliphatic carbocycles. The molecule has 2 N–H and O–H groups in total. The summed E-state index contributed by atoms with van der Waals surface area (Å²) in [6.07, 6.45) is 3.08. The summed E-state index contributed by atoms with van der Waals surface area (Å²) in [6, 6.07) is 7.70. The number of pyridine rings is 1. The van der Waals surface area contributed by atoms with Crippen molar-refractivity contribution in [3.63, 3.8) is 0 Å². The lowest BCUT2D eigenvalue weighted by molar-refractivity contribution is -0.119. The van der Waals surface area contributed by atoms with Crippen LogP contribution in [-0.2, 0) is 26.0 Å². The zero-order chi connectivity index (χ0) is 19.4. The highest BCUT2D eigenvalue weighted by atomic mass is 32.2. The van der Waals surface area contributed by atoms with Gasteiger partial charge in [0.15, 0.2) is 5.78 Å². The molecule has 9 heteroatoms. The number of hydrogen-bond donors (Lipinski definition) is 2. The summed E-state index contributed by atoms with van der Waals surface area (Å²) < 4.78 is 26.0. The first-order chi connectivity index (χ1) is 12.8. The zero-order valence-corrected chi connectivity index (χ0v) is 15.1. The maximum Gasteiger partial charge on any atom is 0.265 e. The van der Waals surface area contributed by atoms with E-state index in [-0.39, 0.29) is 29.4 Å². The van der Waals surface area contributed by atoms with Crippen LogP contribution in [0.15, 0.2) is 47.6 Å². The summed E-state index contributed by atoms with van der Waals surface area (Å²) in [7, 11) is -4.00. The van der Waals surface area contributed by atoms with Crippen LogP contribution in [0, 0.1) is 0 Å². The Morgan fingerprint density at radius 2 is 1.96 bits per heavy atom. The van der Waals surface area contributed by atoms with Gasteiger partial charge in [0.1, 0.15) is 4.90 Å². The first-order valence-corrected chi connectivity index (χ1v) is 9.75. The number of aromatic nitrogens is 1. The standard InChI is InChI=1S/C18H17N3O5S/c22-16(13-3-5-15-12(10-13)4-7-17(23)20-15)6-8-18(24)21-27(25,26)14-2-1-9-19-11-14/h1-3,5,9-11H,4,6-8H2,(H,20,23)(H,21,24). The lowest BCUT2D eigenvalue weighted by Crippen LogP contribution is -2.30. The minimum absolute atomic E-state index is 0.0620. The smallest absolute Gasteiger partial charge is 0.265 e. The Morgan fingerprint density at radius 3 is 2.70 bits per heavy atom. The maximum atomic E-state index is 12.3. The van der Waals surface area contributed by atoms with E-state index < -0.39 is 15.9 Å². The van der Waals surface area contributed by atoms with Crippen molar-refractivity contribution in [3.8, 4) is 0 Å². The average molecular weight is 387 g/mol. The van der Waals surface area contributed by atoms with Crippen LogP contribution in [0.2, 0.25) is 0 Å². The van der Waals surface area contributed by atoms with Crippen molar-refractivity contribution in [2.24, 2.45) is 0 Å². The van der Waals surface area contributed by atoms with Crippen molar-refractivity contribution in [1.29, 1.82) is 0 Å². The molecule has 0 saturated carbocycles. The van der Waals surface area contributed by atoms with Gasteiger partial charge in [-0.05, 0) is 42.3 Å². The van der Waals surface area contributed by atoms with Crippen LogP contribution in [0.1, 0.15) is 35.2 Å². The molecule has 0 radical (unpaired) electrons. The summed E-state index contributed by atoms with van der Waals surface area (Å²) in [5.41, 5.74) is 1.97. The van der Waals surface area contributed by atoms with Gasteiger partial charge in [-0.15, -0.1) is 0 Å². The Labute approximate surface area is 156 Å². The fourth-order valence-electron chi connectivity index (χ4n) is 2.69. The van der Waals surface area contributed by atoms with Gasteiger partial charge >= 0.3 is 0 Å². The van der Waals surface area contributed by atoms with Gasteiger partial charge in [0.25, 0.3) is 10.0 Å². The zero-order valence-electron chi connectivity index (χ0n) is 14.3. The number of amides is 2. The third kappa shape index (κ3) is 4.56. The number of rotatable bonds is 6. The number of fused-ring (bicyclic) bond motifs is 1. The molecule has 1 aromatic carbocycles. The molecule has 0 bridgehead atoms. The number of ketones is 1. The van der Waals surface area contributed by atoms with Crippen molar-refractivity contribution in [2.75, 3.05) is 5.32 Å². The molecule has 1 aliphatic rings. The fraction of sp³-hybridized carbons (Fsp3) is 0.222. The van der Waals surface area contributed by atoms with E-state index in [1.54, 1.807) is 18.2 Å². The molecule has 0 atom stereocenters. The number of carbonyl (C=O) groups excluding carboxylic acids is 3. The molecule has 1 aromatic heterocycles. The predicted octanol–water partition coefficient (Wildman–Crippen LogP) is 1.43. The van der Waals surface area contributed by atoms with Crippen LogP contribution >= 0.6 is 0 Å². The Bertz CT molecular complexity index is 1000. The van der Waals surface area contributed by atoms with Crippen LogP contribution < -0.4 is 10.0 Å². The predicted molar refractivity (Wildman–Crippen MR) is 96.5 cm³/mol. The molecule has 3 rings (SSSR count). The van der Waals surface area contributed by atoms with Crippen molar-refractivity contribution < 1.29 is 22.8 Å². The Hall–Kier alpha value is -3.07. The van der Waals surface area contributed by atoms with Crippen LogP contribution in [0.4, 0.5) is 5.69 Å². The number of carbonyl (C=O) groups is 3. The highest BCUT2D eigenvalue weighted by molar-refractivity contribution is 7.90. The van der Waals surface area contributed by atoms with E-state index in [2.05, 4.69) is 10.3 Å². The molecule has 140 valence electrons. The minimum atomic E-state index is -4.00. The number of sulfonamides is 1. The van der Waals surface area contributed by atoms with E-state index in [1.165, 1.54) is 18.3 Å². The van der Waals surface area contributed by atoms with E-state index in [0.29, 0.717) is 24.1 Å². The molecular weight excluding hydrogens is 370 g/mol. The van der Waals surface area contributed by atoms with Crippen molar-refractivity contribution in [1.82, 2.24) is 9.71 Å². The molecule has 1 aliphatic heterocycles. The normalized spacial score (nSPS) is 13.4. The van der Waals surface area contributed by atoms with Crippen LogP contribution in [0.3, 0.4) is 0 Å². The summed E-state index contributed by atoms with van der Waals surface area (Å²) in [6.45, 7) is 0. The molecular formula is C18H17N3O5S. The van der Waals surface area contributed by atoms with Gasteiger partial charge in [-0.3, -0.25) is 19.4 Å². The summed E-state index contributed by atoms with van der Waals surface area (Å²) in [5.74, 6) is -1.10. The summed E-state index contributed by atoms with van der Waals surface area (Å²) >= 11 is 0. The molecule has 2 aromatic rings. The quantitative estimate of drug-likeness (QED) is 0.723. The Morgan fingerprint density at radius 1 is 1.15 bits per heavy atom. The topological polar surface area (TPSA) is 122 Å². The third-order valence-corrected chi connectivity index (χ3v) is 5.45.